The maximum Gasteiger partial charge on any atom is 0.303 e. The molecule has 29 heavy (non-hydrogen) atoms. The summed E-state index contributed by atoms with van der Waals surface area (Å²) in [6.45, 7) is 2.30. The molecule has 1 spiro atoms. The van der Waals surface area contributed by atoms with Crippen molar-refractivity contribution in [2.24, 2.45) is 5.92 Å². The molecular weight excluding hydrogens is 374 g/mol. The highest BCUT2D eigenvalue weighted by Gasteiger charge is 2.78. The van der Waals surface area contributed by atoms with Crippen molar-refractivity contribution in [3.63, 3.8) is 0 Å². The summed E-state index contributed by atoms with van der Waals surface area (Å²) in [6, 6.07) is 2.97. The van der Waals surface area contributed by atoms with Gasteiger partial charge in [-0.1, -0.05) is 6.07 Å². The van der Waals surface area contributed by atoms with Crippen molar-refractivity contribution >= 4 is 11.8 Å². The number of rotatable bonds is 3. The largest absolute Gasteiger partial charge is 0.632 e. The van der Waals surface area contributed by atoms with Gasteiger partial charge in [-0.2, -0.15) is 0 Å². The van der Waals surface area contributed by atoms with Crippen molar-refractivity contribution in [2.75, 3.05) is 13.1 Å². The normalized spacial score (nSPS) is 41.5. The number of carbonyl (C=O) groups excluding carboxylic acids is 2. The van der Waals surface area contributed by atoms with Crippen LogP contribution >= 0.6 is 0 Å². The van der Waals surface area contributed by atoms with Crippen LogP contribution in [0.2, 0.25) is 0 Å². The van der Waals surface area contributed by atoms with Crippen LogP contribution in [-0.4, -0.2) is 52.3 Å². The van der Waals surface area contributed by atoms with E-state index in [2.05, 4.69) is 0 Å². The molecule has 7 heteroatoms. The molecule has 0 amide bonds. The summed E-state index contributed by atoms with van der Waals surface area (Å²) in [5, 5.41) is 24.7. The number of hydrogen-bond donors (Lipinski definition) is 1. The number of nitrogens with zero attached hydrogens (tertiary/aromatic N) is 1. The molecule has 1 unspecified atom stereocenters. The van der Waals surface area contributed by atoms with Crippen molar-refractivity contribution in [1.82, 2.24) is 0 Å². The van der Waals surface area contributed by atoms with Crippen LogP contribution in [0.5, 0.6) is 11.5 Å². The molecular formula is C22H25NO6. The minimum atomic E-state index is -1.07. The minimum absolute atomic E-state index is 0.00179. The summed E-state index contributed by atoms with van der Waals surface area (Å²) >= 11 is 0. The average Bonchev–Trinajstić information content (AvgIpc) is 3.38. The number of quaternary nitrogens is 1. The average molecular weight is 399 g/mol. The first-order valence-corrected chi connectivity index (χ1v) is 10.6. The van der Waals surface area contributed by atoms with Crippen LogP contribution in [0.3, 0.4) is 0 Å². The van der Waals surface area contributed by atoms with Crippen LogP contribution in [0.25, 0.3) is 0 Å². The van der Waals surface area contributed by atoms with E-state index >= 15 is 0 Å². The first kappa shape index (κ1) is 17.7. The Bertz CT molecular complexity index is 957. The summed E-state index contributed by atoms with van der Waals surface area (Å²) in [5.41, 5.74) is -0.212. The van der Waals surface area contributed by atoms with Crippen LogP contribution in [0, 0.1) is 11.1 Å². The van der Waals surface area contributed by atoms with Crippen molar-refractivity contribution in [1.29, 1.82) is 0 Å². The number of hydroxylamine groups is 3. The number of ketones is 1. The van der Waals surface area contributed by atoms with Gasteiger partial charge in [-0.3, -0.25) is 9.59 Å². The van der Waals surface area contributed by atoms with Gasteiger partial charge in [0.25, 0.3) is 0 Å². The van der Waals surface area contributed by atoms with Gasteiger partial charge in [-0.15, -0.1) is 0 Å². The number of ether oxygens (including phenoxy) is 2. The van der Waals surface area contributed by atoms with Crippen LogP contribution in [0.15, 0.2) is 12.1 Å². The summed E-state index contributed by atoms with van der Waals surface area (Å²) in [6.07, 6.45) is 2.81. The maximum absolute atomic E-state index is 14.2. The highest BCUT2D eigenvalue weighted by molar-refractivity contribution is 5.90. The third-order valence-corrected chi connectivity index (χ3v) is 8.14. The molecule has 1 aromatic carbocycles. The summed E-state index contributed by atoms with van der Waals surface area (Å²) in [7, 11) is 0. The van der Waals surface area contributed by atoms with E-state index in [0.29, 0.717) is 44.0 Å². The second-order valence-corrected chi connectivity index (χ2v) is 9.64. The lowest BCUT2D eigenvalue weighted by Crippen LogP contribution is -2.81. The fraction of sp³-hybridized carbons (Fsp3) is 0.636. The van der Waals surface area contributed by atoms with Gasteiger partial charge in [-0.05, 0) is 24.5 Å². The zero-order chi connectivity index (χ0) is 20.2. The lowest BCUT2D eigenvalue weighted by atomic mass is 9.48. The lowest BCUT2D eigenvalue weighted by Gasteiger charge is -2.67. The molecule has 5 atom stereocenters. The fourth-order valence-corrected chi connectivity index (χ4v) is 6.97. The Labute approximate surface area is 168 Å². The second kappa shape index (κ2) is 5.32. The predicted molar refractivity (Wildman–Crippen MR) is 101 cm³/mol. The number of hydrogen-bond acceptors (Lipinski definition) is 6. The monoisotopic (exact) mass is 399 g/mol. The topological polar surface area (TPSA) is 95.9 Å². The Hall–Kier alpha value is -2.12. The number of piperidine rings is 1. The zero-order valence-electron chi connectivity index (χ0n) is 16.5. The predicted octanol–water partition coefficient (Wildman–Crippen LogP) is 2.11. The lowest BCUT2D eigenvalue weighted by molar-refractivity contribution is -0.923. The van der Waals surface area contributed by atoms with Gasteiger partial charge in [-0.25, -0.2) is 0 Å². The molecule has 2 saturated carbocycles. The van der Waals surface area contributed by atoms with Crippen LogP contribution in [0.1, 0.15) is 50.2 Å². The van der Waals surface area contributed by atoms with Gasteiger partial charge in [0.1, 0.15) is 6.04 Å². The van der Waals surface area contributed by atoms with Crippen LogP contribution < -0.4 is 4.74 Å². The van der Waals surface area contributed by atoms with Gasteiger partial charge >= 0.3 is 5.97 Å². The molecule has 2 heterocycles. The molecule has 0 aromatic heterocycles. The smallest absolute Gasteiger partial charge is 0.303 e. The standard InChI is InChI=1S/C22H25NO6/c1-12(24)29-22-7-6-16(26)20-21(22)8-9-23(27,11-13-2-3-13)17(22)10-14-4-5-15(25)19(28-20)18(14)21/h4-5,13,17,20,25H,2-3,6-11H2,1H3/t17-,20+,21+,22-,23?/m1/s1. The Morgan fingerprint density at radius 2 is 2.17 bits per heavy atom. The summed E-state index contributed by atoms with van der Waals surface area (Å²) in [4.78, 5) is 25.3. The van der Waals surface area contributed by atoms with E-state index in [1.165, 1.54) is 6.92 Å². The summed E-state index contributed by atoms with van der Waals surface area (Å²) < 4.78 is 11.8. The van der Waals surface area contributed by atoms with Gasteiger partial charge in [0, 0.05) is 44.1 Å². The van der Waals surface area contributed by atoms with E-state index in [1.54, 1.807) is 6.07 Å². The van der Waals surface area contributed by atoms with Crippen molar-refractivity contribution in [3.8, 4) is 11.5 Å². The first-order valence-electron chi connectivity index (χ1n) is 10.6. The highest BCUT2D eigenvalue weighted by Crippen LogP contribution is 2.67. The summed E-state index contributed by atoms with van der Waals surface area (Å²) in [5.74, 6) is 0.309. The third-order valence-electron chi connectivity index (χ3n) is 8.14. The fourth-order valence-electron chi connectivity index (χ4n) is 6.97. The molecule has 3 fully saturated rings. The molecule has 7 nitrogen and oxygen atoms in total. The quantitative estimate of drug-likeness (QED) is 0.475. The molecule has 6 rings (SSSR count). The highest BCUT2D eigenvalue weighted by atomic mass is 16.6. The van der Waals surface area contributed by atoms with E-state index in [0.717, 1.165) is 24.0 Å². The Kier molecular flexibility index (Phi) is 3.25. The van der Waals surface area contributed by atoms with E-state index < -0.39 is 29.1 Å². The Morgan fingerprint density at radius 3 is 2.90 bits per heavy atom. The maximum atomic E-state index is 14.2. The Morgan fingerprint density at radius 1 is 1.38 bits per heavy atom. The van der Waals surface area contributed by atoms with E-state index in [1.807, 2.05) is 6.07 Å². The minimum Gasteiger partial charge on any atom is -0.632 e. The Balaban J connectivity index is 1.63. The molecule has 2 bridgehead atoms. The number of esters is 1. The molecule has 1 N–H and O–H groups in total. The molecule has 154 valence electrons. The number of phenolic OH excluding ortho intramolecular Hbond substituents is 1. The molecule has 1 aromatic rings. The van der Waals surface area contributed by atoms with Crippen LogP contribution in [-0.2, 0) is 26.2 Å². The third kappa shape index (κ3) is 2.00. The van der Waals surface area contributed by atoms with Gasteiger partial charge in [0.05, 0.1) is 18.5 Å². The SMILES string of the molecule is CC(=O)O[C@@]12CCC(=O)[C@@H]3Oc4c(O)ccc5c4[C@@]31CC[N+]([O-])(CC1CC1)[C@@H]2C5. The number of phenols is 1. The number of carbonyl (C=O) groups is 2. The van der Waals surface area contributed by atoms with Crippen molar-refractivity contribution in [3.05, 3.63) is 28.5 Å². The van der Waals surface area contributed by atoms with Crippen molar-refractivity contribution < 1.29 is 28.8 Å². The second-order valence-electron chi connectivity index (χ2n) is 9.64. The number of aromatic hydroxyl groups is 1. The molecule has 5 aliphatic rings. The van der Waals surface area contributed by atoms with E-state index in [4.69, 9.17) is 9.47 Å². The number of benzene rings is 1. The molecule has 2 aliphatic heterocycles. The van der Waals surface area contributed by atoms with Crippen LogP contribution in [0.4, 0.5) is 0 Å². The first-order chi connectivity index (χ1) is 13.8. The van der Waals surface area contributed by atoms with E-state index in [9.17, 15) is 19.9 Å². The zero-order valence-corrected chi connectivity index (χ0v) is 16.5. The molecule has 1 saturated heterocycles. The number of likely N-dealkylation sites (tertiary alicyclic amines) is 1. The molecule has 3 aliphatic carbocycles. The van der Waals surface area contributed by atoms with Gasteiger partial charge < -0.3 is 24.4 Å². The van der Waals surface area contributed by atoms with E-state index in [-0.39, 0.29) is 22.6 Å². The van der Waals surface area contributed by atoms with Gasteiger partial charge in [0.15, 0.2) is 29.0 Å². The molecule has 0 radical (unpaired) electrons. The number of Topliss-reactive ketones (excluding diaryl/α,β-unsaturated/α-hetero) is 1. The van der Waals surface area contributed by atoms with Gasteiger partial charge in [0.2, 0.25) is 0 Å². The van der Waals surface area contributed by atoms with Crippen molar-refractivity contribution in [2.45, 2.75) is 68.6 Å².